The molecule has 0 radical (unpaired) electrons. The molecule has 0 saturated heterocycles. The van der Waals surface area contributed by atoms with Crippen LogP contribution in [0.25, 0.3) is 0 Å². The minimum Gasteiger partial charge on any atom is -0.493 e. The molecule has 0 N–H and O–H groups in total. The number of terminal acetylenes is 1. The molecule has 0 aliphatic heterocycles. The Morgan fingerprint density at radius 3 is 2.59 bits per heavy atom. The number of ether oxygens (including phenoxy) is 4. The van der Waals surface area contributed by atoms with Crippen molar-refractivity contribution in [1.29, 1.82) is 0 Å². The molecule has 1 aromatic carbocycles. The molecule has 0 spiro atoms. The number of methoxy groups -OCH3 is 2. The predicted molar refractivity (Wildman–Crippen MR) is 60.4 cm³/mol. The molecule has 5 nitrogen and oxygen atoms in total. The quantitative estimate of drug-likeness (QED) is 0.453. The third kappa shape index (κ3) is 3.61. The summed E-state index contributed by atoms with van der Waals surface area (Å²) >= 11 is 0. The van der Waals surface area contributed by atoms with Crippen molar-refractivity contribution in [3.8, 4) is 29.6 Å². The fourth-order valence-electron chi connectivity index (χ4n) is 1.11. The van der Waals surface area contributed by atoms with Gasteiger partial charge in [0.25, 0.3) is 0 Å². The summed E-state index contributed by atoms with van der Waals surface area (Å²) in [6.07, 6.45) is 4.07. The van der Waals surface area contributed by atoms with E-state index in [9.17, 15) is 4.79 Å². The summed E-state index contributed by atoms with van der Waals surface area (Å²) in [5.74, 6) is 3.43. The molecule has 0 aliphatic rings. The van der Waals surface area contributed by atoms with E-state index in [1.54, 1.807) is 12.1 Å². The van der Waals surface area contributed by atoms with Gasteiger partial charge in [-0.3, -0.25) is 0 Å². The molecule has 17 heavy (non-hydrogen) atoms. The minimum atomic E-state index is -0.866. The smallest absolute Gasteiger partial charge is 0.493 e. The highest BCUT2D eigenvalue weighted by atomic mass is 16.7. The maximum Gasteiger partial charge on any atom is 0.514 e. The molecule has 0 amide bonds. The van der Waals surface area contributed by atoms with Gasteiger partial charge in [0.1, 0.15) is 5.75 Å². The Hall–Kier alpha value is -2.35. The van der Waals surface area contributed by atoms with E-state index < -0.39 is 6.16 Å². The number of carbonyl (C=O) groups is 1. The monoisotopic (exact) mass is 236 g/mol. The standard InChI is InChI=1S/C12H12O5/c1-4-7-16-12(13)17-9-5-6-10(14-2)11(8-9)15-3/h1,5-6,8H,7H2,2-3H3. The van der Waals surface area contributed by atoms with Gasteiger partial charge >= 0.3 is 6.16 Å². The van der Waals surface area contributed by atoms with Crippen LogP contribution < -0.4 is 14.2 Å². The van der Waals surface area contributed by atoms with E-state index >= 15 is 0 Å². The van der Waals surface area contributed by atoms with Gasteiger partial charge in [-0.25, -0.2) is 4.79 Å². The van der Waals surface area contributed by atoms with Gasteiger partial charge in [-0.05, 0) is 12.1 Å². The Kier molecular flexibility index (Phi) is 4.70. The maximum absolute atomic E-state index is 11.1. The zero-order valence-corrected chi connectivity index (χ0v) is 9.56. The second-order valence-electron chi connectivity index (χ2n) is 2.86. The molecule has 90 valence electrons. The highest BCUT2D eigenvalue weighted by Gasteiger charge is 2.09. The minimum absolute atomic E-state index is 0.133. The van der Waals surface area contributed by atoms with Crippen molar-refractivity contribution in [3.05, 3.63) is 18.2 Å². The second kappa shape index (κ2) is 6.28. The van der Waals surface area contributed by atoms with Gasteiger partial charge in [0.05, 0.1) is 14.2 Å². The summed E-state index contributed by atoms with van der Waals surface area (Å²) in [5.41, 5.74) is 0. The summed E-state index contributed by atoms with van der Waals surface area (Å²) in [5, 5.41) is 0. The lowest BCUT2D eigenvalue weighted by Crippen LogP contribution is -2.10. The molecular formula is C12H12O5. The summed E-state index contributed by atoms with van der Waals surface area (Å²) in [4.78, 5) is 11.1. The van der Waals surface area contributed by atoms with Gasteiger partial charge in [-0.2, -0.15) is 0 Å². The summed E-state index contributed by atoms with van der Waals surface area (Å²) in [6.45, 7) is -0.133. The van der Waals surface area contributed by atoms with Crippen LogP contribution in [-0.2, 0) is 4.74 Å². The first-order valence-electron chi connectivity index (χ1n) is 4.71. The lowest BCUT2D eigenvalue weighted by Gasteiger charge is -2.09. The van der Waals surface area contributed by atoms with Crippen LogP contribution in [-0.4, -0.2) is 27.0 Å². The Morgan fingerprint density at radius 1 is 1.29 bits per heavy atom. The largest absolute Gasteiger partial charge is 0.514 e. The normalized spacial score (nSPS) is 9.00. The molecule has 0 unspecified atom stereocenters. The lowest BCUT2D eigenvalue weighted by atomic mass is 10.3. The average Bonchev–Trinajstić information content (AvgIpc) is 2.36. The van der Waals surface area contributed by atoms with Crippen molar-refractivity contribution in [1.82, 2.24) is 0 Å². The number of hydrogen-bond acceptors (Lipinski definition) is 5. The van der Waals surface area contributed by atoms with Crippen molar-refractivity contribution >= 4 is 6.16 Å². The Labute approximate surface area is 99.2 Å². The molecule has 0 aliphatic carbocycles. The van der Waals surface area contributed by atoms with Crippen molar-refractivity contribution in [3.63, 3.8) is 0 Å². The van der Waals surface area contributed by atoms with Gasteiger partial charge in [0.15, 0.2) is 18.1 Å². The van der Waals surface area contributed by atoms with E-state index in [2.05, 4.69) is 10.7 Å². The molecular weight excluding hydrogens is 224 g/mol. The molecule has 1 rings (SSSR count). The van der Waals surface area contributed by atoms with Crippen LogP contribution in [0.4, 0.5) is 4.79 Å². The first-order valence-corrected chi connectivity index (χ1v) is 4.71. The van der Waals surface area contributed by atoms with Crippen molar-refractivity contribution in [2.75, 3.05) is 20.8 Å². The van der Waals surface area contributed by atoms with Crippen LogP contribution in [0, 0.1) is 12.3 Å². The molecule has 1 aromatic rings. The van der Waals surface area contributed by atoms with Crippen LogP contribution >= 0.6 is 0 Å². The number of rotatable bonds is 4. The molecule has 0 atom stereocenters. The van der Waals surface area contributed by atoms with Crippen LogP contribution in [0.1, 0.15) is 0 Å². The van der Waals surface area contributed by atoms with Gasteiger partial charge in [0.2, 0.25) is 0 Å². The molecule has 0 fully saturated rings. The van der Waals surface area contributed by atoms with Gasteiger partial charge in [-0.15, -0.1) is 6.42 Å². The Balaban J connectivity index is 2.73. The predicted octanol–water partition coefficient (Wildman–Crippen LogP) is 1.85. The zero-order valence-electron chi connectivity index (χ0n) is 9.56. The van der Waals surface area contributed by atoms with Crippen LogP contribution in [0.3, 0.4) is 0 Å². The molecule has 0 aromatic heterocycles. The van der Waals surface area contributed by atoms with E-state index in [0.717, 1.165) is 0 Å². The molecule has 0 heterocycles. The third-order valence-electron chi connectivity index (χ3n) is 1.83. The number of hydrogen-bond donors (Lipinski definition) is 0. The topological polar surface area (TPSA) is 54.0 Å². The van der Waals surface area contributed by atoms with E-state index in [-0.39, 0.29) is 12.4 Å². The molecule has 0 saturated carbocycles. The zero-order chi connectivity index (χ0) is 12.7. The van der Waals surface area contributed by atoms with Crippen molar-refractivity contribution < 1.29 is 23.7 Å². The third-order valence-corrected chi connectivity index (χ3v) is 1.83. The Bertz CT molecular complexity index is 433. The molecule has 5 heteroatoms. The van der Waals surface area contributed by atoms with E-state index in [1.807, 2.05) is 0 Å². The number of benzene rings is 1. The fourth-order valence-corrected chi connectivity index (χ4v) is 1.11. The number of carbonyl (C=O) groups excluding carboxylic acids is 1. The summed E-state index contributed by atoms with van der Waals surface area (Å²) in [6, 6.07) is 4.68. The van der Waals surface area contributed by atoms with Crippen molar-refractivity contribution in [2.45, 2.75) is 0 Å². The van der Waals surface area contributed by atoms with Gasteiger partial charge in [0, 0.05) is 6.07 Å². The van der Waals surface area contributed by atoms with Crippen LogP contribution in [0.5, 0.6) is 17.2 Å². The van der Waals surface area contributed by atoms with E-state index in [1.165, 1.54) is 20.3 Å². The van der Waals surface area contributed by atoms with E-state index in [0.29, 0.717) is 11.5 Å². The van der Waals surface area contributed by atoms with E-state index in [4.69, 9.17) is 20.6 Å². The maximum atomic E-state index is 11.1. The fraction of sp³-hybridized carbons (Fsp3) is 0.250. The Morgan fingerprint density at radius 2 is 2.00 bits per heavy atom. The van der Waals surface area contributed by atoms with Gasteiger partial charge in [-0.1, -0.05) is 5.92 Å². The summed E-state index contributed by atoms with van der Waals surface area (Å²) in [7, 11) is 3.00. The highest BCUT2D eigenvalue weighted by molar-refractivity contribution is 5.64. The second-order valence-corrected chi connectivity index (χ2v) is 2.86. The SMILES string of the molecule is C#CCOC(=O)Oc1ccc(OC)c(OC)c1. The van der Waals surface area contributed by atoms with Crippen LogP contribution in [0.2, 0.25) is 0 Å². The van der Waals surface area contributed by atoms with Crippen LogP contribution in [0.15, 0.2) is 18.2 Å². The first kappa shape index (κ1) is 12.7. The average molecular weight is 236 g/mol. The lowest BCUT2D eigenvalue weighted by molar-refractivity contribution is 0.111. The first-order chi connectivity index (χ1) is 8.21. The van der Waals surface area contributed by atoms with Crippen molar-refractivity contribution in [2.24, 2.45) is 0 Å². The summed E-state index contributed by atoms with van der Waals surface area (Å²) < 4.78 is 19.5. The van der Waals surface area contributed by atoms with Gasteiger partial charge < -0.3 is 18.9 Å². The highest BCUT2D eigenvalue weighted by Crippen LogP contribution is 2.30. The molecule has 0 bridgehead atoms.